The van der Waals surface area contributed by atoms with Crippen molar-refractivity contribution in [3.8, 4) is 0 Å². The van der Waals surface area contributed by atoms with Crippen molar-refractivity contribution in [2.24, 2.45) is 0 Å². The van der Waals surface area contributed by atoms with Gasteiger partial charge in [0, 0.05) is 6.42 Å². The summed E-state index contributed by atoms with van der Waals surface area (Å²) in [5.74, 6) is 0.294. The molecule has 0 unspecified atom stereocenters. The fourth-order valence-corrected chi connectivity index (χ4v) is 3.81. The number of hydrogen-bond acceptors (Lipinski definition) is 1. The molecule has 0 N–H and O–H groups in total. The van der Waals surface area contributed by atoms with Crippen molar-refractivity contribution in [2.45, 2.75) is 91.4 Å². The highest BCUT2D eigenvalue weighted by atomic mass is 16.1. The van der Waals surface area contributed by atoms with E-state index in [9.17, 15) is 4.79 Å². The van der Waals surface area contributed by atoms with Gasteiger partial charge in [0.15, 0.2) is 5.78 Å². The summed E-state index contributed by atoms with van der Waals surface area (Å²) in [4.78, 5) is 12.4. The summed E-state index contributed by atoms with van der Waals surface area (Å²) in [7, 11) is 0. The monoisotopic (exact) mass is 352 g/mol. The minimum Gasteiger partial charge on any atom is -0.295 e. The Morgan fingerprint density at radius 2 is 1.54 bits per heavy atom. The molecule has 0 bridgehead atoms. The normalized spacial score (nSPS) is 14.7. The van der Waals surface area contributed by atoms with Crippen molar-refractivity contribution in [1.82, 2.24) is 0 Å². The van der Waals surface area contributed by atoms with Crippen LogP contribution in [0.1, 0.15) is 90.0 Å². The highest BCUT2D eigenvalue weighted by Crippen LogP contribution is 2.36. The van der Waals surface area contributed by atoms with Crippen LogP contribution in [-0.2, 0) is 28.5 Å². The summed E-state index contributed by atoms with van der Waals surface area (Å²) in [6, 6.07) is 4.74. The molecule has 142 valence electrons. The molecule has 0 amide bonds. The van der Waals surface area contributed by atoms with Crippen LogP contribution in [-0.4, -0.2) is 5.78 Å². The van der Waals surface area contributed by atoms with E-state index in [4.69, 9.17) is 0 Å². The van der Waals surface area contributed by atoms with Crippen LogP contribution in [0, 0.1) is 0 Å². The Balaban J connectivity index is 2.38. The van der Waals surface area contributed by atoms with Gasteiger partial charge in [-0.3, -0.25) is 4.79 Å². The average Bonchev–Trinajstić information content (AvgIpc) is 3.06. The number of allylic oxidation sites excluding steroid dienone is 4. The quantitative estimate of drug-likeness (QED) is 0.562. The van der Waals surface area contributed by atoms with Gasteiger partial charge in [0.1, 0.15) is 0 Å². The SMILES string of the molecule is CCCc1c(C(C)(C)C)cc(CCC(=O)C2=CC=CC2)cc1C(C)(C)C. The second-order valence-corrected chi connectivity index (χ2v) is 9.67. The summed E-state index contributed by atoms with van der Waals surface area (Å²) >= 11 is 0. The van der Waals surface area contributed by atoms with Gasteiger partial charge in [-0.15, -0.1) is 0 Å². The summed E-state index contributed by atoms with van der Waals surface area (Å²) in [5, 5.41) is 0. The fraction of sp³-hybridized carbons (Fsp3) is 0.560. The van der Waals surface area contributed by atoms with Crippen molar-refractivity contribution in [1.29, 1.82) is 0 Å². The van der Waals surface area contributed by atoms with E-state index < -0.39 is 0 Å². The van der Waals surface area contributed by atoms with Crippen molar-refractivity contribution < 1.29 is 4.79 Å². The van der Waals surface area contributed by atoms with E-state index in [2.05, 4.69) is 66.7 Å². The minimum atomic E-state index is 0.114. The molecule has 0 aromatic heterocycles. The van der Waals surface area contributed by atoms with Gasteiger partial charge in [-0.05, 0) is 57.9 Å². The highest BCUT2D eigenvalue weighted by Gasteiger charge is 2.26. The minimum absolute atomic E-state index is 0.114. The Hall–Kier alpha value is -1.63. The molecule has 1 aliphatic rings. The maximum atomic E-state index is 12.4. The lowest BCUT2D eigenvalue weighted by molar-refractivity contribution is -0.115. The molecule has 0 fully saturated rings. The number of rotatable bonds is 6. The molecule has 0 heterocycles. The summed E-state index contributed by atoms with van der Waals surface area (Å²) in [6.45, 7) is 16.1. The largest absolute Gasteiger partial charge is 0.295 e. The fourth-order valence-electron chi connectivity index (χ4n) is 3.81. The summed E-state index contributed by atoms with van der Waals surface area (Å²) in [5.41, 5.74) is 6.92. The predicted molar refractivity (Wildman–Crippen MR) is 113 cm³/mol. The van der Waals surface area contributed by atoms with Gasteiger partial charge < -0.3 is 0 Å². The highest BCUT2D eigenvalue weighted by molar-refractivity contribution is 5.96. The maximum Gasteiger partial charge on any atom is 0.159 e. The van der Waals surface area contributed by atoms with Gasteiger partial charge in [0.2, 0.25) is 0 Å². The van der Waals surface area contributed by atoms with E-state index in [1.54, 1.807) is 0 Å². The van der Waals surface area contributed by atoms with Crippen molar-refractivity contribution in [3.63, 3.8) is 0 Å². The number of ketones is 1. The molecule has 1 aromatic rings. The zero-order valence-corrected chi connectivity index (χ0v) is 17.8. The first-order valence-corrected chi connectivity index (χ1v) is 10.1. The van der Waals surface area contributed by atoms with E-state index in [1.807, 2.05) is 12.2 Å². The molecule has 2 rings (SSSR count). The van der Waals surface area contributed by atoms with Crippen LogP contribution in [0.15, 0.2) is 35.9 Å². The van der Waals surface area contributed by atoms with Crippen LogP contribution in [0.4, 0.5) is 0 Å². The second kappa shape index (κ2) is 7.94. The first kappa shape index (κ1) is 20.7. The number of hydrogen-bond donors (Lipinski definition) is 0. The zero-order valence-electron chi connectivity index (χ0n) is 17.8. The first-order chi connectivity index (χ1) is 12.0. The van der Waals surface area contributed by atoms with E-state index in [-0.39, 0.29) is 10.8 Å². The van der Waals surface area contributed by atoms with Gasteiger partial charge in [-0.25, -0.2) is 0 Å². The van der Waals surface area contributed by atoms with Gasteiger partial charge in [0.25, 0.3) is 0 Å². The molecular formula is C25H36O. The molecule has 1 aromatic carbocycles. The third-order valence-corrected chi connectivity index (χ3v) is 5.20. The van der Waals surface area contributed by atoms with Crippen molar-refractivity contribution in [2.75, 3.05) is 0 Å². The Morgan fingerprint density at radius 3 is 1.96 bits per heavy atom. The topological polar surface area (TPSA) is 17.1 Å². The molecule has 0 aliphatic heterocycles. The molecule has 26 heavy (non-hydrogen) atoms. The zero-order chi connectivity index (χ0) is 19.5. The number of aryl methyl sites for hydroxylation is 1. The van der Waals surface area contributed by atoms with Gasteiger partial charge in [-0.1, -0.05) is 85.2 Å². The molecule has 0 radical (unpaired) electrons. The number of carbonyl (C=O) groups excluding carboxylic acids is 1. The van der Waals surface area contributed by atoms with Crippen molar-refractivity contribution in [3.05, 3.63) is 58.2 Å². The molecule has 0 atom stereocenters. The van der Waals surface area contributed by atoms with E-state index in [0.29, 0.717) is 12.2 Å². The second-order valence-electron chi connectivity index (χ2n) is 9.67. The van der Waals surface area contributed by atoms with Gasteiger partial charge in [-0.2, -0.15) is 0 Å². The smallest absolute Gasteiger partial charge is 0.159 e. The number of benzene rings is 1. The molecule has 1 aliphatic carbocycles. The van der Waals surface area contributed by atoms with Crippen LogP contribution in [0.25, 0.3) is 0 Å². The van der Waals surface area contributed by atoms with E-state index >= 15 is 0 Å². The lowest BCUT2D eigenvalue weighted by Crippen LogP contribution is -2.22. The number of carbonyl (C=O) groups is 1. The third kappa shape index (κ3) is 4.96. The van der Waals surface area contributed by atoms with Crippen LogP contribution >= 0.6 is 0 Å². The molecule has 0 spiro atoms. The van der Waals surface area contributed by atoms with E-state index in [1.165, 1.54) is 22.3 Å². The van der Waals surface area contributed by atoms with Crippen LogP contribution < -0.4 is 0 Å². The van der Waals surface area contributed by atoms with Crippen LogP contribution in [0.3, 0.4) is 0 Å². The van der Waals surface area contributed by atoms with Gasteiger partial charge in [0.05, 0.1) is 0 Å². The molecule has 1 nitrogen and oxygen atoms in total. The first-order valence-electron chi connectivity index (χ1n) is 10.1. The molecule has 0 saturated heterocycles. The van der Waals surface area contributed by atoms with Crippen molar-refractivity contribution >= 4 is 5.78 Å². The molecule has 1 heteroatoms. The van der Waals surface area contributed by atoms with Gasteiger partial charge >= 0.3 is 0 Å². The molecule has 0 saturated carbocycles. The maximum absolute atomic E-state index is 12.4. The molecular weight excluding hydrogens is 316 g/mol. The standard InChI is InChI=1S/C25H36O/c1-8-11-20-21(24(2,3)4)16-18(17-22(20)25(5,6)7)14-15-23(26)19-12-9-10-13-19/h9-10,12,16-17H,8,11,13-15H2,1-7H3. The summed E-state index contributed by atoms with van der Waals surface area (Å²) < 4.78 is 0. The van der Waals surface area contributed by atoms with Crippen LogP contribution in [0.5, 0.6) is 0 Å². The number of Topliss-reactive ketones (excluding diaryl/α,β-unsaturated/α-hetero) is 1. The van der Waals surface area contributed by atoms with E-state index in [0.717, 1.165) is 31.3 Å². The lowest BCUT2D eigenvalue weighted by atomic mass is 9.74. The predicted octanol–water partition coefficient (Wildman–Crippen LogP) is 6.62. The Labute approximate surface area is 160 Å². The lowest BCUT2D eigenvalue weighted by Gasteiger charge is -2.31. The Morgan fingerprint density at radius 1 is 0.962 bits per heavy atom. The Bertz CT molecular complexity index is 682. The third-order valence-electron chi connectivity index (χ3n) is 5.20. The van der Waals surface area contributed by atoms with Crippen LogP contribution in [0.2, 0.25) is 0 Å². The average molecular weight is 353 g/mol. The summed E-state index contributed by atoms with van der Waals surface area (Å²) in [6.07, 6.45) is 10.5. The Kier molecular flexibility index (Phi) is 6.32.